The van der Waals surface area contributed by atoms with Crippen molar-refractivity contribution in [2.24, 2.45) is 0 Å². The fourth-order valence-electron chi connectivity index (χ4n) is 2.52. The summed E-state index contributed by atoms with van der Waals surface area (Å²) in [6, 6.07) is -1.19. The molecular formula is C12H18N2O4. The monoisotopic (exact) mass is 254 g/mol. The maximum Gasteiger partial charge on any atom is 0.326 e. The number of hydrogen-bond acceptors (Lipinski definition) is 3. The van der Waals surface area contributed by atoms with Crippen LogP contribution in [0.1, 0.15) is 19.8 Å². The van der Waals surface area contributed by atoms with Gasteiger partial charge in [-0.15, -0.1) is 0 Å². The molecule has 0 radical (unpaired) electrons. The van der Waals surface area contributed by atoms with E-state index in [-0.39, 0.29) is 19.0 Å². The van der Waals surface area contributed by atoms with Gasteiger partial charge in [-0.25, -0.2) is 9.59 Å². The molecule has 6 nitrogen and oxygen atoms in total. The summed E-state index contributed by atoms with van der Waals surface area (Å²) in [5, 5.41) is 18.6. The molecule has 0 unspecified atom stereocenters. The number of aliphatic carboxylic acids is 1. The van der Waals surface area contributed by atoms with Crippen molar-refractivity contribution in [3.63, 3.8) is 0 Å². The van der Waals surface area contributed by atoms with Gasteiger partial charge in [-0.1, -0.05) is 11.6 Å². The molecule has 2 amide bonds. The first-order chi connectivity index (χ1) is 8.49. The van der Waals surface area contributed by atoms with Crippen LogP contribution in [0, 0.1) is 0 Å². The second kappa shape index (κ2) is 4.97. The van der Waals surface area contributed by atoms with E-state index in [9.17, 15) is 14.7 Å². The SMILES string of the molecule is CC1=CCCN(C(=O)N2C[C@H](O)C[C@@H]2C(=O)O)C1. The summed E-state index contributed by atoms with van der Waals surface area (Å²) >= 11 is 0. The first-order valence-electron chi connectivity index (χ1n) is 6.11. The molecular weight excluding hydrogens is 236 g/mol. The number of carboxylic acids is 1. The molecule has 18 heavy (non-hydrogen) atoms. The van der Waals surface area contributed by atoms with Crippen LogP contribution in [-0.2, 0) is 4.79 Å². The van der Waals surface area contributed by atoms with Crippen molar-refractivity contribution in [2.75, 3.05) is 19.6 Å². The molecule has 1 saturated heterocycles. The van der Waals surface area contributed by atoms with Crippen molar-refractivity contribution in [3.05, 3.63) is 11.6 Å². The van der Waals surface area contributed by atoms with E-state index in [4.69, 9.17) is 5.11 Å². The average molecular weight is 254 g/mol. The minimum atomic E-state index is -1.05. The number of nitrogens with zero attached hydrogens (tertiary/aromatic N) is 2. The summed E-state index contributed by atoms with van der Waals surface area (Å²) in [5.74, 6) is -1.05. The zero-order valence-electron chi connectivity index (χ0n) is 10.4. The smallest absolute Gasteiger partial charge is 0.326 e. The van der Waals surface area contributed by atoms with Crippen LogP contribution in [0.15, 0.2) is 11.6 Å². The molecule has 1 fully saturated rings. The largest absolute Gasteiger partial charge is 0.480 e. The maximum atomic E-state index is 12.3. The van der Waals surface area contributed by atoms with Crippen LogP contribution in [0.3, 0.4) is 0 Å². The quantitative estimate of drug-likeness (QED) is 0.658. The molecule has 0 aliphatic carbocycles. The molecule has 100 valence electrons. The second-order valence-electron chi connectivity index (χ2n) is 4.94. The van der Waals surface area contributed by atoms with Crippen LogP contribution in [-0.4, -0.2) is 63.8 Å². The van der Waals surface area contributed by atoms with Gasteiger partial charge in [-0.3, -0.25) is 0 Å². The van der Waals surface area contributed by atoms with Gasteiger partial charge in [-0.2, -0.15) is 0 Å². The summed E-state index contributed by atoms with van der Waals surface area (Å²) in [6.45, 7) is 3.20. The second-order valence-corrected chi connectivity index (χ2v) is 4.94. The van der Waals surface area contributed by atoms with Crippen LogP contribution in [0.25, 0.3) is 0 Å². The highest BCUT2D eigenvalue weighted by atomic mass is 16.4. The number of β-amino-alcohol motifs (C(OH)–C–C–N with tert-alkyl or cyclic N) is 1. The minimum Gasteiger partial charge on any atom is -0.480 e. The number of carbonyl (C=O) groups is 2. The highest BCUT2D eigenvalue weighted by Crippen LogP contribution is 2.21. The van der Waals surface area contributed by atoms with E-state index in [0.717, 1.165) is 12.0 Å². The molecule has 2 aliphatic heterocycles. The lowest BCUT2D eigenvalue weighted by atomic mass is 10.1. The zero-order valence-corrected chi connectivity index (χ0v) is 10.4. The third-order valence-electron chi connectivity index (χ3n) is 3.41. The van der Waals surface area contributed by atoms with Crippen molar-refractivity contribution < 1.29 is 19.8 Å². The Morgan fingerprint density at radius 1 is 1.44 bits per heavy atom. The number of rotatable bonds is 1. The Morgan fingerprint density at radius 3 is 2.78 bits per heavy atom. The average Bonchev–Trinajstić information content (AvgIpc) is 2.70. The van der Waals surface area contributed by atoms with Gasteiger partial charge >= 0.3 is 12.0 Å². The minimum absolute atomic E-state index is 0.106. The Morgan fingerprint density at radius 2 is 2.17 bits per heavy atom. The Kier molecular flexibility index (Phi) is 3.56. The third kappa shape index (κ3) is 2.48. The van der Waals surface area contributed by atoms with Gasteiger partial charge in [0.15, 0.2) is 0 Å². The van der Waals surface area contributed by atoms with Gasteiger partial charge in [0.05, 0.1) is 6.10 Å². The molecule has 2 aliphatic rings. The van der Waals surface area contributed by atoms with Crippen molar-refractivity contribution in [1.82, 2.24) is 9.80 Å². The topological polar surface area (TPSA) is 81.1 Å². The summed E-state index contributed by atoms with van der Waals surface area (Å²) < 4.78 is 0. The van der Waals surface area contributed by atoms with E-state index in [1.54, 1.807) is 4.90 Å². The zero-order chi connectivity index (χ0) is 13.3. The lowest BCUT2D eigenvalue weighted by Gasteiger charge is -2.32. The Hall–Kier alpha value is -1.56. The number of likely N-dealkylation sites (tertiary alicyclic amines) is 1. The van der Waals surface area contributed by atoms with Crippen molar-refractivity contribution in [1.29, 1.82) is 0 Å². The molecule has 2 atom stereocenters. The molecule has 2 rings (SSSR count). The van der Waals surface area contributed by atoms with Gasteiger partial charge in [0.25, 0.3) is 0 Å². The van der Waals surface area contributed by atoms with E-state index in [1.807, 2.05) is 6.92 Å². The fraction of sp³-hybridized carbons (Fsp3) is 0.667. The van der Waals surface area contributed by atoms with Gasteiger partial charge in [0.1, 0.15) is 6.04 Å². The van der Waals surface area contributed by atoms with E-state index in [2.05, 4.69) is 6.08 Å². The van der Waals surface area contributed by atoms with E-state index in [1.165, 1.54) is 4.90 Å². The first-order valence-corrected chi connectivity index (χ1v) is 6.11. The van der Waals surface area contributed by atoms with Crippen LogP contribution in [0.2, 0.25) is 0 Å². The van der Waals surface area contributed by atoms with Crippen molar-refractivity contribution >= 4 is 12.0 Å². The Labute approximate surface area is 105 Å². The van der Waals surface area contributed by atoms with E-state index in [0.29, 0.717) is 13.1 Å². The van der Waals surface area contributed by atoms with Gasteiger partial charge < -0.3 is 20.0 Å². The highest BCUT2D eigenvalue weighted by molar-refractivity contribution is 5.83. The summed E-state index contributed by atoms with van der Waals surface area (Å²) in [6.07, 6.45) is 2.25. The lowest BCUT2D eigenvalue weighted by Crippen LogP contribution is -2.49. The Bertz CT molecular complexity index is 394. The number of amides is 2. The molecule has 0 aromatic carbocycles. The van der Waals surface area contributed by atoms with Crippen LogP contribution >= 0.6 is 0 Å². The van der Waals surface area contributed by atoms with E-state index >= 15 is 0 Å². The third-order valence-corrected chi connectivity index (χ3v) is 3.41. The standard InChI is InChI=1S/C12H18N2O4/c1-8-3-2-4-13(6-8)12(18)14-7-9(15)5-10(14)11(16)17/h3,9-10,15H,2,4-7H2,1H3,(H,16,17)/t9-,10-/m1/s1. The molecule has 0 spiro atoms. The molecule has 0 aromatic heterocycles. The number of hydrogen-bond donors (Lipinski definition) is 2. The summed E-state index contributed by atoms with van der Waals surface area (Å²) in [7, 11) is 0. The van der Waals surface area contributed by atoms with Crippen LogP contribution in [0.5, 0.6) is 0 Å². The van der Waals surface area contributed by atoms with E-state index < -0.39 is 18.1 Å². The van der Waals surface area contributed by atoms with Gasteiger partial charge in [-0.05, 0) is 13.3 Å². The number of carboxylic acid groups (broad SMARTS) is 1. The van der Waals surface area contributed by atoms with Crippen molar-refractivity contribution in [3.8, 4) is 0 Å². The highest BCUT2D eigenvalue weighted by Gasteiger charge is 2.40. The predicted octanol–water partition coefficient (Wildman–Crippen LogP) is 0.278. The molecule has 0 aromatic rings. The number of carbonyl (C=O) groups excluding carboxylic acids is 1. The number of aliphatic hydroxyl groups excluding tert-OH is 1. The summed E-state index contributed by atoms with van der Waals surface area (Å²) in [4.78, 5) is 26.2. The van der Waals surface area contributed by atoms with Crippen LogP contribution < -0.4 is 0 Å². The van der Waals surface area contributed by atoms with Crippen LogP contribution in [0.4, 0.5) is 4.79 Å². The number of aliphatic hydroxyl groups is 1. The molecule has 2 heterocycles. The van der Waals surface area contributed by atoms with Gasteiger partial charge in [0.2, 0.25) is 0 Å². The fourth-order valence-corrected chi connectivity index (χ4v) is 2.52. The molecule has 0 bridgehead atoms. The Balaban J connectivity index is 2.08. The number of urea groups is 1. The molecule has 6 heteroatoms. The predicted molar refractivity (Wildman–Crippen MR) is 64.1 cm³/mol. The van der Waals surface area contributed by atoms with Gasteiger partial charge in [0, 0.05) is 26.1 Å². The normalized spacial score (nSPS) is 28.2. The molecule has 0 saturated carbocycles. The lowest BCUT2D eigenvalue weighted by molar-refractivity contribution is -0.141. The maximum absolute atomic E-state index is 12.3. The first kappa shape index (κ1) is 12.9. The van der Waals surface area contributed by atoms with Crippen molar-refractivity contribution in [2.45, 2.75) is 31.9 Å². The molecule has 2 N–H and O–H groups in total. The summed E-state index contributed by atoms with van der Waals surface area (Å²) in [5.41, 5.74) is 1.11.